The van der Waals surface area contributed by atoms with Gasteiger partial charge in [-0.1, -0.05) is 20.8 Å². The van der Waals surface area contributed by atoms with Crippen molar-refractivity contribution in [2.45, 2.75) is 63.9 Å². The Bertz CT molecular complexity index is 743. The lowest BCUT2D eigenvalue weighted by atomic mass is 9.55. The van der Waals surface area contributed by atoms with E-state index in [2.05, 4.69) is 13.8 Å². The minimum atomic E-state index is -0.290. The molecule has 1 saturated carbocycles. The maximum atomic E-state index is 12.8. The Labute approximate surface area is 131 Å². The molecule has 0 saturated heterocycles. The van der Waals surface area contributed by atoms with Crippen molar-refractivity contribution in [3.63, 3.8) is 0 Å². The Balaban J connectivity index is 1.99. The van der Waals surface area contributed by atoms with Crippen LogP contribution in [0.15, 0.2) is 23.5 Å². The highest BCUT2D eigenvalue weighted by Gasteiger charge is 2.60. The van der Waals surface area contributed by atoms with E-state index >= 15 is 0 Å². The number of Topliss-reactive ketones (excluding diaryl/α,β-unsaturated/α-hetero) is 1. The average molecular weight is 298 g/mol. The van der Waals surface area contributed by atoms with E-state index in [1.807, 2.05) is 26.0 Å². The molecule has 3 aliphatic rings. The molecule has 2 unspecified atom stereocenters. The van der Waals surface area contributed by atoms with Gasteiger partial charge in [-0.3, -0.25) is 4.79 Å². The van der Waals surface area contributed by atoms with Crippen LogP contribution >= 0.6 is 0 Å². The number of aromatic hydroxyl groups is 1. The normalized spacial score (nSPS) is 32.3. The first-order chi connectivity index (χ1) is 10.3. The number of phenolic OH excluding ortho intramolecular Hbond substituents is 1. The topological polar surface area (TPSA) is 46.5 Å². The number of hydrogen-bond acceptors (Lipinski definition) is 3. The first-order valence-electron chi connectivity index (χ1n) is 8.14. The summed E-state index contributed by atoms with van der Waals surface area (Å²) in [6.45, 7) is 8.34. The SMILES string of the molecule is CC(C)c1cc2c(cc1O)C1(C)CCCC3(C)OC(=C31)C2=O. The number of rotatable bonds is 1. The predicted octanol–water partition coefficient (Wildman–Crippen LogP) is 4.20. The van der Waals surface area contributed by atoms with Crippen LogP contribution in [0.1, 0.15) is 74.4 Å². The third kappa shape index (κ3) is 1.44. The van der Waals surface area contributed by atoms with Gasteiger partial charge in [0.2, 0.25) is 5.78 Å². The van der Waals surface area contributed by atoms with Crippen molar-refractivity contribution in [2.75, 3.05) is 0 Å². The van der Waals surface area contributed by atoms with Gasteiger partial charge in [-0.15, -0.1) is 0 Å². The Kier molecular flexibility index (Phi) is 2.49. The molecule has 1 heterocycles. The lowest BCUT2D eigenvalue weighted by molar-refractivity contribution is -0.0451. The first-order valence-corrected chi connectivity index (χ1v) is 8.14. The highest BCUT2D eigenvalue weighted by molar-refractivity contribution is 6.12. The Morgan fingerprint density at radius 2 is 1.95 bits per heavy atom. The molecule has 3 heteroatoms. The van der Waals surface area contributed by atoms with Gasteiger partial charge in [0.05, 0.1) is 0 Å². The number of carbonyl (C=O) groups excluding carboxylic acids is 1. The average Bonchev–Trinajstić information content (AvgIpc) is 2.41. The van der Waals surface area contributed by atoms with Gasteiger partial charge in [0, 0.05) is 16.6 Å². The van der Waals surface area contributed by atoms with Crippen molar-refractivity contribution < 1.29 is 14.6 Å². The van der Waals surface area contributed by atoms with E-state index in [4.69, 9.17) is 4.74 Å². The number of hydrogen-bond donors (Lipinski definition) is 1. The van der Waals surface area contributed by atoms with Crippen molar-refractivity contribution in [1.29, 1.82) is 0 Å². The Morgan fingerprint density at radius 1 is 1.23 bits per heavy atom. The van der Waals surface area contributed by atoms with E-state index in [1.165, 1.54) is 0 Å². The second-order valence-electron chi connectivity index (χ2n) is 7.66. The zero-order valence-corrected chi connectivity index (χ0v) is 13.6. The molecule has 1 N–H and O–H groups in total. The standard InChI is InChI=1S/C19H22O3/c1-10(2)11-8-12-13(9-14(11)20)18(3)6-5-7-19(4)17(18)16(22-19)15(12)21/h8-10,20H,5-7H2,1-4H3. The minimum absolute atomic E-state index is 0.0104. The van der Waals surface area contributed by atoms with E-state index in [0.29, 0.717) is 17.1 Å². The largest absolute Gasteiger partial charge is 0.508 e. The van der Waals surface area contributed by atoms with Gasteiger partial charge in [-0.25, -0.2) is 0 Å². The van der Waals surface area contributed by atoms with Crippen LogP contribution in [-0.2, 0) is 10.2 Å². The van der Waals surface area contributed by atoms with Crippen LogP contribution in [0.4, 0.5) is 0 Å². The van der Waals surface area contributed by atoms with E-state index in [1.54, 1.807) is 0 Å². The molecule has 3 nitrogen and oxygen atoms in total. The summed E-state index contributed by atoms with van der Waals surface area (Å²) in [4.78, 5) is 12.8. The summed E-state index contributed by atoms with van der Waals surface area (Å²) >= 11 is 0. The van der Waals surface area contributed by atoms with Gasteiger partial charge in [0.1, 0.15) is 11.4 Å². The molecule has 0 bridgehead atoms. The van der Waals surface area contributed by atoms with E-state index < -0.39 is 0 Å². The highest BCUT2D eigenvalue weighted by atomic mass is 16.5. The van der Waals surface area contributed by atoms with Crippen LogP contribution in [0.2, 0.25) is 0 Å². The third-order valence-electron chi connectivity index (χ3n) is 5.80. The number of ketones is 1. The van der Waals surface area contributed by atoms with Crippen LogP contribution in [0, 0.1) is 0 Å². The molecule has 22 heavy (non-hydrogen) atoms. The molecule has 0 spiro atoms. The molecule has 0 radical (unpaired) electrons. The first kappa shape index (κ1) is 13.9. The molecule has 1 aliphatic heterocycles. The molecule has 2 atom stereocenters. The number of phenols is 1. The number of benzene rings is 1. The van der Waals surface area contributed by atoms with Crippen LogP contribution < -0.4 is 0 Å². The van der Waals surface area contributed by atoms with E-state index in [9.17, 15) is 9.90 Å². The number of carbonyl (C=O) groups is 1. The van der Waals surface area contributed by atoms with E-state index in [0.717, 1.165) is 36.0 Å². The number of allylic oxidation sites excluding steroid dienone is 1. The summed E-state index contributed by atoms with van der Waals surface area (Å²) in [5.74, 6) is 1.04. The number of fused-ring (bicyclic) bond motifs is 2. The molecule has 116 valence electrons. The number of ether oxygens (including phenoxy) is 1. The van der Waals surface area contributed by atoms with Crippen LogP contribution in [0.25, 0.3) is 0 Å². The molecule has 1 fully saturated rings. The monoisotopic (exact) mass is 298 g/mol. The van der Waals surface area contributed by atoms with Crippen LogP contribution in [0.5, 0.6) is 5.75 Å². The maximum absolute atomic E-state index is 12.8. The van der Waals surface area contributed by atoms with Crippen LogP contribution in [-0.4, -0.2) is 16.5 Å². The Hall–Kier alpha value is -1.77. The fourth-order valence-electron chi connectivity index (χ4n) is 4.70. The van der Waals surface area contributed by atoms with Crippen molar-refractivity contribution in [1.82, 2.24) is 0 Å². The van der Waals surface area contributed by atoms with Gasteiger partial charge >= 0.3 is 0 Å². The zero-order valence-electron chi connectivity index (χ0n) is 13.6. The molecule has 4 rings (SSSR count). The molecule has 1 aromatic rings. The lowest BCUT2D eigenvalue weighted by Gasteiger charge is -2.56. The van der Waals surface area contributed by atoms with Gasteiger partial charge in [-0.2, -0.15) is 0 Å². The van der Waals surface area contributed by atoms with E-state index in [-0.39, 0.29) is 22.7 Å². The van der Waals surface area contributed by atoms with Gasteiger partial charge in [0.25, 0.3) is 0 Å². The summed E-state index contributed by atoms with van der Waals surface area (Å²) in [6.07, 6.45) is 3.05. The predicted molar refractivity (Wildman–Crippen MR) is 84.2 cm³/mol. The van der Waals surface area contributed by atoms with Crippen molar-refractivity contribution in [3.05, 3.63) is 40.2 Å². The lowest BCUT2D eigenvalue weighted by Crippen LogP contribution is -2.56. The molecule has 2 aliphatic carbocycles. The fraction of sp³-hybridized carbons (Fsp3) is 0.526. The maximum Gasteiger partial charge on any atom is 0.228 e. The second-order valence-corrected chi connectivity index (χ2v) is 7.66. The van der Waals surface area contributed by atoms with Crippen molar-refractivity contribution in [2.24, 2.45) is 0 Å². The zero-order chi connectivity index (χ0) is 15.9. The third-order valence-corrected chi connectivity index (χ3v) is 5.80. The van der Waals surface area contributed by atoms with Gasteiger partial charge < -0.3 is 9.84 Å². The minimum Gasteiger partial charge on any atom is -0.508 e. The van der Waals surface area contributed by atoms with Gasteiger partial charge in [-0.05, 0) is 55.4 Å². The summed E-state index contributed by atoms with van der Waals surface area (Å²) < 4.78 is 5.93. The summed E-state index contributed by atoms with van der Waals surface area (Å²) in [7, 11) is 0. The summed E-state index contributed by atoms with van der Waals surface area (Å²) in [5, 5.41) is 10.4. The molecular weight excluding hydrogens is 276 g/mol. The second kappa shape index (κ2) is 3.95. The molecular formula is C19H22O3. The van der Waals surface area contributed by atoms with Gasteiger partial charge in [0.15, 0.2) is 5.76 Å². The fourth-order valence-corrected chi connectivity index (χ4v) is 4.70. The highest BCUT2D eigenvalue weighted by Crippen LogP contribution is 2.60. The van der Waals surface area contributed by atoms with Crippen LogP contribution in [0.3, 0.4) is 0 Å². The smallest absolute Gasteiger partial charge is 0.228 e. The quantitative estimate of drug-likeness (QED) is 0.845. The van der Waals surface area contributed by atoms with Crippen molar-refractivity contribution in [3.8, 4) is 5.75 Å². The summed E-state index contributed by atoms with van der Waals surface area (Å²) in [6, 6.07) is 3.71. The Morgan fingerprint density at radius 3 is 2.64 bits per heavy atom. The summed E-state index contributed by atoms with van der Waals surface area (Å²) in [5.41, 5.74) is 3.20. The molecule has 1 aromatic carbocycles. The molecule has 0 aromatic heterocycles. The van der Waals surface area contributed by atoms with Crippen molar-refractivity contribution >= 4 is 5.78 Å². The molecule has 0 amide bonds.